The van der Waals surface area contributed by atoms with Gasteiger partial charge in [-0.15, -0.1) is 0 Å². The maximum Gasteiger partial charge on any atom is 0.338 e. The highest BCUT2D eigenvalue weighted by Crippen LogP contribution is 2.42. The van der Waals surface area contributed by atoms with Gasteiger partial charge >= 0.3 is 5.97 Å². The van der Waals surface area contributed by atoms with E-state index in [9.17, 15) is 9.59 Å². The summed E-state index contributed by atoms with van der Waals surface area (Å²) in [6, 6.07) is 4.94. The summed E-state index contributed by atoms with van der Waals surface area (Å²) < 4.78 is 16.8. The van der Waals surface area contributed by atoms with E-state index in [2.05, 4.69) is 11.9 Å². The van der Waals surface area contributed by atoms with Crippen LogP contribution in [0.3, 0.4) is 0 Å². The van der Waals surface area contributed by atoms with Crippen molar-refractivity contribution >= 4 is 28.8 Å². The Morgan fingerprint density at radius 3 is 2.77 bits per heavy atom. The Bertz CT molecular complexity index is 896. The maximum absolute atomic E-state index is 12.9. The summed E-state index contributed by atoms with van der Waals surface area (Å²) in [6.07, 6.45) is 3.59. The maximum atomic E-state index is 12.9. The van der Waals surface area contributed by atoms with Crippen molar-refractivity contribution in [1.29, 1.82) is 0 Å². The first-order chi connectivity index (χ1) is 15.0. The average Bonchev–Trinajstić information content (AvgIpc) is 2.76. The van der Waals surface area contributed by atoms with Gasteiger partial charge in [-0.25, -0.2) is 9.79 Å². The molecule has 1 aromatic carbocycles. The normalized spacial score (nSPS) is 18.5. The predicted molar refractivity (Wildman–Crippen MR) is 121 cm³/mol. The van der Waals surface area contributed by atoms with Gasteiger partial charge in [-0.05, 0) is 38.0 Å². The number of hydrogen-bond donors (Lipinski definition) is 0. The molecule has 0 saturated carbocycles. The van der Waals surface area contributed by atoms with Gasteiger partial charge in [0.2, 0.25) is 5.91 Å². The summed E-state index contributed by atoms with van der Waals surface area (Å²) in [5.74, 6) is 1.36. The van der Waals surface area contributed by atoms with E-state index in [-0.39, 0.29) is 12.5 Å². The van der Waals surface area contributed by atoms with Crippen LogP contribution in [-0.4, -0.2) is 48.0 Å². The molecule has 0 aromatic heterocycles. The van der Waals surface area contributed by atoms with Gasteiger partial charge in [-0.2, -0.15) is 0 Å². The Morgan fingerprint density at radius 1 is 1.26 bits per heavy atom. The lowest BCUT2D eigenvalue weighted by molar-refractivity contribution is -0.139. The lowest BCUT2D eigenvalue weighted by Gasteiger charge is -2.39. The van der Waals surface area contributed by atoms with Crippen LogP contribution in [-0.2, 0) is 14.3 Å². The molecule has 2 aliphatic heterocycles. The second kappa shape index (κ2) is 10.7. The first-order valence-corrected chi connectivity index (χ1v) is 11.7. The van der Waals surface area contributed by atoms with E-state index in [0.717, 1.165) is 24.8 Å². The van der Waals surface area contributed by atoms with Crippen LogP contribution in [0.25, 0.3) is 0 Å². The van der Waals surface area contributed by atoms with Crippen molar-refractivity contribution in [2.75, 3.05) is 26.1 Å². The zero-order valence-electron chi connectivity index (χ0n) is 18.6. The molecule has 7 nitrogen and oxygen atoms in total. The van der Waals surface area contributed by atoms with Gasteiger partial charge in [-0.3, -0.25) is 9.69 Å². The fraction of sp³-hybridized carbons (Fsp3) is 0.522. The van der Waals surface area contributed by atoms with E-state index in [1.165, 1.54) is 11.8 Å². The van der Waals surface area contributed by atoms with Crippen molar-refractivity contribution in [2.45, 2.75) is 52.5 Å². The molecular weight excluding hydrogens is 416 g/mol. The number of carbonyl (C=O) groups excluding carboxylic acids is 2. The molecule has 0 bridgehead atoms. The molecule has 2 heterocycles. The standard InChI is InChI=1S/C23H30N2O5S/c1-5-7-8-12-30-17-10-9-16(14-18(17)28-4)21-20(22(27)29-6-2)15(3)24-23-25(21)19(26)11-13-31-23/h9-10,14,21H,5-8,11-13H2,1-4H3. The summed E-state index contributed by atoms with van der Waals surface area (Å²) in [7, 11) is 1.58. The molecule has 8 heteroatoms. The molecule has 0 spiro atoms. The minimum absolute atomic E-state index is 0.0596. The summed E-state index contributed by atoms with van der Waals surface area (Å²) in [5.41, 5.74) is 1.69. The molecule has 1 aromatic rings. The number of rotatable bonds is 9. The van der Waals surface area contributed by atoms with Gasteiger partial charge in [0.05, 0.1) is 37.6 Å². The molecule has 1 atom stereocenters. The summed E-state index contributed by atoms with van der Waals surface area (Å²) in [4.78, 5) is 31.9. The lowest BCUT2D eigenvalue weighted by atomic mass is 9.94. The van der Waals surface area contributed by atoms with Crippen LogP contribution in [0.1, 0.15) is 58.1 Å². The highest BCUT2D eigenvalue weighted by atomic mass is 32.2. The number of esters is 1. The number of carbonyl (C=O) groups is 2. The third-order valence-electron chi connectivity index (χ3n) is 5.21. The molecule has 1 amide bonds. The second-order valence-electron chi connectivity index (χ2n) is 7.34. The first-order valence-electron chi connectivity index (χ1n) is 10.7. The smallest absolute Gasteiger partial charge is 0.338 e. The van der Waals surface area contributed by atoms with Crippen LogP contribution in [0.2, 0.25) is 0 Å². The summed E-state index contributed by atoms with van der Waals surface area (Å²) >= 11 is 1.52. The monoisotopic (exact) mass is 446 g/mol. The number of ether oxygens (including phenoxy) is 3. The number of unbranched alkanes of at least 4 members (excludes halogenated alkanes) is 2. The topological polar surface area (TPSA) is 77.4 Å². The molecular formula is C23H30N2O5S. The van der Waals surface area contributed by atoms with Crippen LogP contribution >= 0.6 is 11.8 Å². The Hall–Kier alpha value is -2.48. The Kier molecular flexibility index (Phi) is 8.01. The Morgan fingerprint density at radius 2 is 2.06 bits per heavy atom. The lowest BCUT2D eigenvalue weighted by Crippen LogP contribution is -2.45. The first kappa shape index (κ1) is 23.2. The third-order valence-corrected chi connectivity index (χ3v) is 6.17. The fourth-order valence-corrected chi connectivity index (χ4v) is 4.70. The number of thioether (sulfide) groups is 1. The predicted octanol–water partition coefficient (Wildman–Crippen LogP) is 4.48. The molecule has 2 aliphatic rings. The summed E-state index contributed by atoms with van der Waals surface area (Å²) in [6.45, 7) is 6.54. The minimum atomic E-state index is -0.616. The third kappa shape index (κ3) is 5.06. The van der Waals surface area contributed by atoms with E-state index in [1.54, 1.807) is 25.9 Å². The number of hydrogen-bond acceptors (Lipinski definition) is 7. The summed E-state index contributed by atoms with van der Waals surface area (Å²) in [5, 5.41) is 0.616. The van der Waals surface area contributed by atoms with Crippen LogP contribution in [0.15, 0.2) is 34.5 Å². The molecule has 0 radical (unpaired) electrons. The Balaban J connectivity index is 2.01. The van der Waals surface area contributed by atoms with Gasteiger partial charge < -0.3 is 14.2 Å². The van der Waals surface area contributed by atoms with Crippen molar-refractivity contribution in [3.63, 3.8) is 0 Å². The molecule has 1 unspecified atom stereocenters. The largest absolute Gasteiger partial charge is 0.493 e. The number of amides is 1. The number of aliphatic imine (C=N–C) groups is 1. The number of nitrogens with zero attached hydrogens (tertiary/aromatic N) is 2. The zero-order valence-corrected chi connectivity index (χ0v) is 19.4. The van der Waals surface area contributed by atoms with E-state index in [4.69, 9.17) is 14.2 Å². The number of fused-ring (bicyclic) bond motifs is 1. The van der Waals surface area contributed by atoms with Crippen LogP contribution < -0.4 is 9.47 Å². The van der Waals surface area contributed by atoms with Gasteiger partial charge in [0, 0.05) is 12.2 Å². The van der Waals surface area contributed by atoms with E-state index in [0.29, 0.717) is 46.7 Å². The van der Waals surface area contributed by atoms with Gasteiger partial charge in [-0.1, -0.05) is 37.6 Å². The van der Waals surface area contributed by atoms with Crippen molar-refractivity contribution in [3.8, 4) is 11.5 Å². The number of allylic oxidation sites excluding steroid dienone is 1. The highest BCUT2D eigenvalue weighted by molar-refractivity contribution is 8.14. The molecule has 1 fully saturated rings. The van der Waals surface area contributed by atoms with Crippen LogP contribution in [0.5, 0.6) is 11.5 Å². The number of amidine groups is 1. The van der Waals surface area contributed by atoms with Crippen molar-refractivity contribution < 1.29 is 23.8 Å². The van der Waals surface area contributed by atoms with Crippen LogP contribution in [0.4, 0.5) is 0 Å². The van der Waals surface area contributed by atoms with E-state index in [1.807, 2.05) is 18.2 Å². The van der Waals surface area contributed by atoms with Gasteiger partial charge in [0.15, 0.2) is 16.7 Å². The molecule has 0 N–H and O–H groups in total. The van der Waals surface area contributed by atoms with Crippen molar-refractivity contribution in [3.05, 3.63) is 35.0 Å². The Labute approximate surface area is 187 Å². The molecule has 168 valence electrons. The quantitative estimate of drug-likeness (QED) is 0.411. The molecule has 31 heavy (non-hydrogen) atoms. The SMILES string of the molecule is CCCCCOc1ccc(C2C(C(=O)OCC)=C(C)N=C3SCCC(=O)N32)cc1OC. The average molecular weight is 447 g/mol. The number of benzene rings is 1. The van der Waals surface area contributed by atoms with Gasteiger partial charge in [0.25, 0.3) is 0 Å². The minimum Gasteiger partial charge on any atom is -0.493 e. The molecule has 3 rings (SSSR count). The molecule has 1 saturated heterocycles. The van der Waals surface area contributed by atoms with E-state index < -0.39 is 12.0 Å². The highest BCUT2D eigenvalue weighted by Gasteiger charge is 2.41. The van der Waals surface area contributed by atoms with Crippen LogP contribution in [0, 0.1) is 0 Å². The van der Waals surface area contributed by atoms with Crippen molar-refractivity contribution in [2.24, 2.45) is 4.99 Å². The number of methoxy groups -OCH3 is 1. The second-order valence-corrected chi connectivity index (χ2v) is 8.41. The zero-order chi connectivity index (χ0) is 22.4. The fourth-order valence-electron chi connectivity index (χ4n) is 3.69. The molecule has 0 aliphatic carbocycles. The van der Waals surface area contributed by atoms with Gasteiger partial charge in [0.1, 0.15) is 0 Å². The van der Waals surface area contributed by atoms with Crippen molar-refractivity contribution in [1.82, 2.24) is 4.90 Å². The van der Waals surface area contributed by atoms with E-state index >= 15 is 0 Å².